The number of fused-ring (bicyclic) bond motifs is 1. The number of rotatable bonds is 1. The molecule has 0 saturated heterocycles. The van der Waals surface area contributed by atoms with Crippen LogP contribution in [0.15, 0.2) is 6.20 Å². The summed E-state index contributed by atoms with van der Waals surface area (Å²) >= 11 is 0. The molecule has 4 nitrogen and oxygen atoms in total. The van der Waals surface area contributed by atoms with Crippen LogP contribution < -0.4 is 4.74 Å². The molecule has 0 N–H and O–H groups in total. The van der Waals surface area contributed by atoms with Crippen molar-refractivity contribution in [2.24, 2.45) is 0 Å². The largest absolute Gasteiger partial charge is 0.475 e. The normalized spacial score (nSPS) is 20.9. The molecule has 0 unspecified atom stereocenters. The topological polar surface area (TPSA) is 36.3 Å². The molecule has 2 rings (SSSR count). The van der Waals surface area contributed by atoms with Crippen molar-refractivity contribution in [3.8, 4) is 5.88 Å². The fourth-order valence-electron chi connectivity index (χ4n) is 1.73. The van der Waals surface area contributed by atoms with Crippen molar-refractivity contribution in [1.82, 2.24) is 9.78 Å². The van der Waals surface area contributed by atoms with E-state index < -0.39 is 0 Å². The molecular weight excluding hydrogens is 192 g/mol. The van der Waals surface area contributed by atoms with Crippen LogP contribution in [-0.2, 0) is 16.7 Å². The van der Waals surface area contributed by atoms with Crippen molar-refractivity contribution in [3.05, 3.63) is 11.8 Å². The van der Waals surface area contributed by atoms with Gasteiger partial charge >= 0.3 is 0 Å². The fourth-order valence-corrected chi connectivity index (χ4v) is 1.73. The number of nitrogens with zero attached hydrogens (tertiary/aromatic N) is 2. The number of ether oxygens (including phenoxy) is 2. The zero-order valence-corrected chi connectivity index (χ0v) is 9.78. The van der Waals surface area contributed by atoms with Crippen LogP contribution in [0.1, 0.15) is 26.3 Å². The summed E-state index contributed by atoms with van der Waals surface area (Å²) in [5.74, 6) is 0.899. The van der Waals surface area contributed by atoms with Crippen LogP contribution in [0.3, 0.4) is 0 Å². The molecule has 0 aliphatic carbocycles. The maximum atomic E-state index is 5.70. The second-order valence-corrected chi connectivity index (χ2v) is 4.96. The van der Waals surface area contributed by atoms with E-state index in [1.807, 2.05) is 10.9 Å². The summed E-state index contributed by atoms with van der Waals surface area (Å²) in [5, 5.41) is 4.33. The van der Waals surface area contributed by atoms with E-state index in [0.717, 1.165) is 18.0 Å². The van der Waals surface area contributed by atoms with E-state index in [4.69, 9.17) is 9.47 Å². The minimum absolute atomic E-state index is 0.0769. The van der Waals surface area contributed by atoms with Crippen molar-refractivity contribution in [2.75, 3.05) is 13.7 Å². The lowest BCUT2D eigenvalue weighted by Crippen LogP contribution is -2.32. The predicted octanol–water partition coefficient (Wildman–Crippen LogP) is 1.59. The van der Waals surface area contributed by atoms with Crippen molar-refractivity contribution < 1.29 is 9.47 Å². The first kappa shape index (κ1) is 10.5. The Morgan fingerprint density at radius 2 is 2.27 bits per heavy atom. The highest BCUT2D eigenvalue weighted by molar-refractivity contribution is 5.31. The highest BCUT2D eigenvalue weighted by Crippen LogP contribution is 2.32. The van der Waals surface area contributed by atoms with E-state index in [9.17, 15) is 0 Å². The lowest BCUT2D eigenvalue weighted by Gasteiger charge is -2.26. The highest BCUT2D eigenvalue weighted by Gasteiger charge is 2.28. The Balaban J connectivity index is 2.30. The lowest BCUT2D eigenvalue weighted by atomic mass is 9.89. The maximum absolute atomic E-state index is 5.70. The molecule has 1 aromatic heterocycles. The van der Waals surface area contributed by atoms with Gasteiger partial charge < -0.3 is 9.47 Å². The maximum Gasteiger partial charge on any atom is 0.215 e. The van der Waals surface area contributed by atoms with Gasteiger partial charge in [0.1, 0.15) is 12.7 Å². The average Bonchev–Trinajstić information content (AvgIpc) is 2.59. The van der Waals surface area contributed by atoms with Gasteiger partial charge in [-0.25, -0.2) is 4.68 Å². The number of hydrogen-bond donors (Lipinski definition) is 0. The minimum Gasteiger partial charge on any atom is -0.475 e. The monoisotopic (exact) mass is 210 g/mol. The van der Waals surface area contributed by atoms with Gasteiger partial charge in [0.15, 0.2) is 0 Å². The lowest BCUT2D eigenvalue weighted by molar-refractivity contribution is 0.0171. The summed E-state index contributed by atoms with van der Waals surface area (Å²) in [6.07, 6.45) is 2.01. The third-order valence-corrected chi connectivity index (χ3v) is 2.71. The van der Waals surface area contributed by atoms with Gasteiger partial charge in [-0.15, -0.1) is 0 Å². The molecule has 1 aliphatic heterocycles. The van der Waals surface area contributed by atoms with E-state index in [1.54, 1.807) is 7.11 Å². The van der Waals surface area contributed by atoms with Gasteiger partial charge in [0, 0.05) is 12.7 Å². The van der Waals surface area contributed by atoms with E-state index in [-0.39, 0.29) is 11.5 Å². The molecule has 4 heteroatoms. The standard InChI is InChI=1S/C11H18N2O2/c1-11(2,3)9-5-12-13-6-8(14-4)7-15-10(9)13/h5,8H,6-7H2,1-4H3/t8-/m0/s1. The first-order valence-electron chi connectivity index (χ1n) is 5.24. The quantitative estimate of drug-likeness (QED) is 0.706. The molecule has 0 saturated carbocycles. The van der Waals surface area contributed by atoms with E-state index in [2.05, 4.69) is 25.9 Å². The zero-order chi connectivity index (χ0) is 11.1. The van der Waals surface area contributed by atoms with Crippen LogP contribution in [0, 0.1) is 0 Å². The van der Waals surface area contributed by atoms with Crippen molar-refractivity contribution in [2.45, 2.75) is 38.8 Å². The summed E-state index contributed by atoms with van der Waals surface area (Å²) in [6, 6.07) is 0. The molecule has 2 heterocycles. The molecule has 0 bridgehead atoms. The Morgan fingerprint density at radius 1 is 1.53 bits per heavy atom. The Morgan fingerprint density at radius 3 is 2.87 bits per heavy atom. The van der Waals surface area contributed by atoms with Gasteiger partial charge in [-0.1, -0.05) is 20.8 Å². The van der Waals surface area contributed by atoms with Crippen molar-refractivity contribution in [1.29, 1.82) is 0 Å². The Hall–Kier alpha value is -1.03. The summed E-state index contributed by atoms with van der Waals surface area (Å²) in [4.78, 5) is 0. The summed E-state index contributed by atoms with van der Waals surface area (Å²) < 4.78 is 12.8. The summed E-state index contributed by atoms with van der Waals surface area (Å²) in [5.41, 5.74) is 1.24. The minimum atomic E-state index is 0.0769. The second kappa shape index (κ2) is 3.52. The third kappa shape index (κ3) is 1.86. The van der Waals surface area contributed by atoms with E-state index >= 15 is 0 Å². The van der Waals surface area contributed by atoms with Gasteiger partial charge in [-0.05, 0) is 5.41 Å². The number of methoxy groups -OCH3 is 1. The van der Waals surface area contributed by atoms with Crippen LogP contribution in [0.25, 0.3) is 0 Å². The molecule has 0 spiro atoms. The number of aromatic nitrogens is 2. The van der Waals surface area contributed by atoms with Gasteiger partial charge in [0.2, 0.25) is 5.88 Å². The van der Waals surface area contributed by atoms with Crippen LogP contribution in [0.2, 0.25) is 0 Å². The predicted molar refractivity (Wildman–Crippen MR) is 57.2 cm³/mol. The SMILES string of the molecule is CO[C@@H]1COc2c(C(C)(C)C)cnn2C1. The van der Waals surface area contributed by atoms with Crippen LogP contribution in [0.5, 0.6) is 5.88 Å². The van der Waals surface area contributed by atoms with Gasteiger partial charge in [0.25, 0.3) is 0 Å². The summed E-state index contributed by atoms with van der Waals surface area (Å²) in [6.45, 7) is 7.89. The highest BCUT2D eigenvalue weighted by atomic mass is 16.5. The third-order valence-electron chi connectivity index (χ3n) is 2.71. The first-order chi connectivity index (χ1) is 7.02. The smallest absolute Gasteiger partial charge is 0.215 e. The molecule has 0 amide bonds. The molecule has 1 aliphatic rings. The van der Waals surface area contributed by atoms with Crippen LogP contribution in [0.4, 0.5) is 0 Å². The zero-order valence-electron chi connectivity index (χ0n) is 9.78. The number of hydrogen-bond acceptors (Lipinski definition) is 3. The molecule has 0 fully saturated rings. The molecule has 0 aromatic carbocycles. The molecule has 15 heavy (non-hydrogen) atoms. The van der Waals surface area contributed by atoms with Gasteiger partial charge in [-0.3, -0.25) is 0 Å². The molecular formula is C11H18N2O2. The van der Waals surface area contributed by atoms with Crippen LogP contribution in [-0.4, -0.2) is 29.6 Å². The molecule has 1 aromatic rings. The Bertz CT molecular complexity index is 352. The first-order valence-corrected chi connectivity index (χ1v) is 5.24. The molecule has 84 valence electrons. The van der Waals surface area contributed by atoms with Crippen molar-refractivity contribution in [3.63, 3.8) is 0 Å². The van der Waals surface area contributed by atoms with E-state index in [1.165, 1.54) is 0 Å². The molecule has 1 atom stereocenters. The fraction of sp³-hybridized carbons (Fsp3) is 0.727. The Labute approximate surface area is 90.2 Å². The van der Waals surface area contributed by atoms with E-state index in [0.29, 0.717) is 6.61 Å². The average molecular weight is 210 g/mol. The Kier molecular flexibility index (Phi) is 2.46. The van der Waals surface area contributed by atoms with Crippen LogP contribution >= 0.6 is 0 Å². The van der Waals surface area contributed by atoms with Gasteiger partial charge in [0.05, 0.1) is 12.7 Å². The summed E-state index contributed by atoms with van der Waals surface area (Å²) in [7, 11) is 1.70. The molecule has 0 radical (unpaired) electrons. The van der Waals surface area contributed by atoms with Crippen molar-refractivity contribution >= 4 is 0 Å². The van der Waals surface area contributed by atoms with Gasteiger partial charge in [-0.2, -0.15) is 5.10 Å². The second-order valence-electron chi connectivity index (χ2n) is 4.96.